The highest BCUT2D eigenvalue weighted by molar-refractivity contribution is 7.14. The summed E-state index contributed by atoms with van der Waals surface area (Å²) in [6.45, 7) is 8.90. The quantitative estimate of drug-likeness (QED) is 0.212. The van der Waals surface area contributed by atoms with Gasteiger partial charge in [-0.05, 0) is 38.8 Å². The van der Waals surface area contributed by atoms with Crippen molar-refractivity contribution >= 4 is 34.6 Å². The molecule has 0 saturated heterocycles. The van der Waals surface area contributed by atoms with Gasteiger partial charge in [0.1, 0.15) is 5.82 Å². The van der Waals surface area contributed by atoms with Crippen LogP contribution >= 0.6 is 11.3 Å². The number of thiazole rings is 1. The molecular weight excluding hydrogens is 567 g/mol. The van der Waals surface area contributed by atoms with Crippen LogP contribution in [0.3, 0.4) is 0 Å². The average Bonchev–Trinajstić information content (AvgIpc) is 3.56. The zero-order valence-corrected chi connectivity index (χ0v) is 25.4. The number of halogens is 3. The minimum absolute atomic E-state index is 0.0339. The van der Waals surface area contributed by atoms with Gasteiger partial charge in [-0.3, -0.25) is 9.48 Å². The molecule has 1 amide bonds. The largest absolute Gasteiger partial charge is 0.419 e. The van der Waals surface area contributed by atoms with Gasteiger partial charge in [-0.15, -0.1) is 11.3 Å². The molecule has 4 heterocycles. The summed E-state index contributed by atoms with van der Waals surface area (Å²) < 4.78 is 39.4. The second-order valence-corrected chi connectivity index (χ2v) is 10.6. The Morgan fingerprint density at radius 1 is 1.12 bits per heavy atom. The second kappa shape index (κ2) is 14.7. The number of amides is 1. The van der Waals surface area contributed by atoms with Crippen molar-refractivity contribution in [1.82, 2.24) is 34.6 Å². The Hall–Kier alpha value is -4.07. The number of likely N-dealkylation sites (N-methyl/N-ethyl adjacent to an activating group) is 2. The number of alkyl halides is 3. The third-order valence-electron chi connectivity index (χ3n) is 6.37. The number of carbonyl (C=O) groups is 1. The van der Waals surface area contributed by atoms with E-state index < -0.39 is 11.7 Å². The molecule has 14 heteroatoms. The van der Waals surface area contributed by atoms with Gasteiger partial charge < -0.3 is 15.1 Å². The summed E-state index contributed by atoms with van der Waals surface area (Å²) in [5.74, 6) is 1.04. The van der Waals surface area contributed by atoms with E-state index in [1.54, 1.807) is 32.9 Å². The van der Waals surface area contributed by atoms with Crippen molar-refractivity contribution < 1.29 is 18.0 Å². The summed E-state index contributed by atoms with van der Waals surface area (Å²) >= 11 is 1.56. The van der Waals surface area contributed by atoms with Crippen LogP contribution in [0.4, 0.5) is 30.1 Å². The molecule has 10 nitrogen and oxygen atoms in total. The van der Waals surface area contributed by atoms with Crippen molar-refractivity contribution in [3.05, 3.63) is 59.1 Å². The SMILES string of the molecule is CCC[C@@H](CN(CC)c1ncc(C(F)(F)F)cn1)N(C)C=O.Cc1ccc(Nc2nc(-c3cn(C)nc3C)cs2)nc1. The third kappa shape index (κ3) is 8.96. The molecular formula is C28H36F3N9OS. The Bertz CT molecular complexity index is 1410. The lowest BCUT2D eigenvalue weighted by Gasteiger charge is -2.30. The molecule has 0 fully saturated rings. The fourth-order valence-electron chi connectivity index (χ4n) is 4.04. The molecule has 4 aromatic rings. The maximum absolute atomic E-state index is 12.5. The normalized spacial score (nSPS) is 11.8. The molecule has 0 saturated carbocycles. The summed E-state index contributed by atoms with van der Waals surface area (Å²) in [7, 11) is 3.60. The first-order chi connectivity index (χ1) is 19.9. The summed E-state index contributed by atoms with van der Waals surface area (Å²) in [6.07, 6.45) is 3.38. The number of rotatable bonds is 11. The maximum Gasteiger partial charge on any atom is 0.419 e. The molecule has 0 unspecified atom stereocenters. The van der Waals surface area contributed by atoms with Crippen LogP contribution in [0, 0.1) is 13.8 Å². The van der Waals surface area contributed by atoms with E-state index in [4.69, 9.17) is 0 Å². The molecule has 0 spiro atoms. The number of nitrogens with zero attached hydrogens (tertiary/aromatic N) is 8. The van der Waals surface area contributed by atoms with Crippen LogP contribution in [-0.2, 0) is 18.0 Å². The van der Waals surface area contributed by atoms with E-state index in [0.717, 1.165) is 65.1 Å². The van der Waals surface area contributed by atoms with Gasteiger partial charge in [0.05, 0.1) is 17.0 Å². The lowest BCUT2D eigenvalue weighted by Crippen LogP contribution is -2.42. The Morgan fingerprint density at radius 2 is 1.83 bits per heavy atom. The van der Waals surface area contributed by atoms with Gasteiger partial charge >= 0.3 is 6.18 Å². The Balaban J connectivity index is 0.000000231. The van der Waals surface area contributed by atoms with Crippen LogP contribution in [0.15, 0.2) is 42.3 Å². The average molecular weight is 604 g/mol. The van der Waals surface area contributed by atoms with E-state index in [1.165, 1.54) is 0 Å². The zero-order chi connectivity index (χ0) is 30.9. The molecule has 42 heavy (non-hydrogen) atoms. The third-order valence-corrected chi connectivity index (χ3v) is 7.12. The molecule has 0 aromatic carbocycles. The predicted molar refractivity (Wildman–Crippen MR) is 159 cm³/mol. The van der Waals surface area contributed by atoms with Crippen molar-refractivity contribution in [3.8, 4) is 11.3 Å². The van der Waals surface area contributed by atoms with E-state index in [-0.39, 0.29) is 12.0 Å². The minimum atomic E-state index is -4.45. The van der Waals surface area contributed by atoms with E-state index in [2.05, 4.69) is 30.4 Å². The lowest BCUT2D eigenvalue weighted by atomic mass is 10.1. The van der Waals surface area contributed by atoms with Crippen molar-refractivity contribution in [2.75, 3.05) is 30.4 Å². The number of anilines is 3. The van der Waals surface area contributed by atoms with E-state index in [9.17, 15) is 18.0 Å². The van der Waals surface area contributed by atoms with Gasteiger partial charge in [0.25, 0.3) is 0 Å². The highest BCUT2D eigenvalue weighted by Gasteiger charge is 2.31. The first kappa shape index (κ1) is 32.4. The summed E-state index contributed by atoms with van der Waals surface area (Å²) in [5, 5.41) is 10.4. The van der Waals surface area contributed by atoms with Crippen molar-refractivity contribution in [2.45, 2.75) is 52.8 Å². The molecule has 0 bridgehead atoms. The zero-order valence-electron chi connectivity index (χ0n) is 24.6. The van der Waals surface area contributed by atoms with Gasteiger partial charge in [0.15, 0.2) is 5.13 Å². The molecule has 0 aliphatic rings. The summed E-state index contributed by atoms with van der Waals surface area (Å²) in [4.78, 5) is 30.8. The number of aromatic nitrogens is 6. The molecule has 4 rings (SSSR count). The van der Waals surface area contributed by atoms with Crippen molar-refractivity contribution in [1.29, 1.82) is 0 Å². The van der Waals surface area contributed by atoms with Gasteiger partial charge in [-0.2, -0.15) is 18.3 Å². The van der Waals surface area contributed by atoms with Gasteiger partial charge in [0.2, 0.25) is 12.4 Å². The highest BCUT2D eigenvalue weighted by atomic mass is 32.1. The Labute approximate surface area is 247 Å². The van der Waals surface area contributed by atoms with Crippen LogP contribution in [0.1, 0.15) is 43.5 Å². The molecule has 1 atom stereocenters. The highest BCUT2D eigenvalue weighted by Crippen LogP contribution is 2.29. The number of pyridine rings is 1. The number of aryl methyl sites for hydroxylation is 3. The molecule has 4 aromatic heterocycles. The van der Waals surface area contributed by atoms with E-state index >= 15 is 0 Å². The van der Waals surface area contributed by atoms with Crippen LogP contribution in [0.25, 0.3) is 11.3 Å². The van der Waals surface area contributed by atoms with Gasteiger partial charge in [-0.25, -0.2) is 19.9 Å². The van der Waals surface area contributed by atoms with Crippen LogP contribution < -0.4 is 10.2 Å². The van der Waals surface area contributed by atoms with Crippen molar-refractivity contribution in [2.24, 2.45) is 7.05 Å². The first-order valence-electron chi connectivity index (χ1n) is 13.4. The number of nitrogens with one attached hydrogen (secondary N) is 1. The molecule has 226 valence electrons. The molecule has 1 N–H and O–H groups in total. The molecule has 0 radical (unpaired) electrons. The standard InChI is InChI=1S/C14H21F3N4O.C14H15N5S/c1-4-6-12(20(3)10-22)9-21(5-2)13-18-7-11(8-19-13)14(15,16)17;1-9-4-5-13(15-6-9)17-14-16-12(8-20-14)11-7-19(3)18-10(11)2/h7-8,10,12H,4-6,9H2,1-3H3;4-8H,1-3H3,(H,15,16,17)/t12-;/m0./s1. The van der Waals surface area contributed by atoms with Gasteiger partial charge in [0, 0.05) is 69.0 Å². The fraction of sp³-hybridized carbons (Fsp3) is 0.429. The van der Waals surface area contributed by atoms with E-state index in [1.807, 2.05) is 64.6 Å². The Kier molecular flexibility index (Phi) is 11.4. The maximum atomic E-state index is 12.5. The van der Waals surface area contributed by atoms with Gasteiger partial charge in [-0.1, -0.05) is 19.4 Å². The van der Waals surface area contributed by atoms with Crippen LogP contribution in [0.2, 0.25) is 0 Å². The van der Waals surface area contributed by atoms with E-state index in [0.29, 0.717) is 13.1 Å². The number of hydrogen-bond donors (Lipinski definition) is 1. The predicted octanol–water partition coefficient (Wildman–Crippen LogP) is 5.88. The second-order valence-electron chi connectivity index (χ2n) is 9.71. The van der Waals surface area contributed by atoms with Crippen LogP contribution in [0.5, 0.6) is 0 Å². The fourth-order valence-corrected chi connectivity index (χ4v) is 4.76. The lowest BCUT2D eigenvalue weighted by molar-refractivity contribution is -0.138. The smallest absolute Gasteiger partial charge is 0.344 e. The number of carbonyl (C=O) groups excluding carboxylic acids is 1. The minimum Gasteiger partial charge on any atom is -0.344 e. The number of hydrogen-bond acceptors (Lipinski definition) is 9. The van der Waals surface area contributed by atoms with Crippen LogP contribution in [-0.4, -0.2) is 67.2 Å². The monoisotopic (exact) mass is 603 g/mol. The molecule has 0 aliphatic heterocycles. The Morgan fingerprint density at radius 3 is 2.36 bits per heavy atom. The summed E-state index contributed by atoms with van der Waals surface area (Å²) in [6, 6.07) is 3.94. The first-order valence-corrected chi connectivity index (χ1v) is 14.3. The molecule has 0 aliphatic carbocycles. The van der Waals surface area contributed by atoms with Crippen molar-refractivity contribution in [3.63, 3.8) is 0 Å². The topological polar surface area (TPSA) is 105 Å². The summed E-state index contributed by atoms with van der Waals surface area (Å²) in [5.41, 5.74) is 3.26.